The van der Waals surface area contributed by atoms with Gasteiger partial charge >= 0.3 is 0 Å². The van der Waals surface area contributed by atoms with Gasteiger partial charge in [0.1, 0.15) is 0 Å². The van der Waals surface area contributed by atoms with Gasteiger partial charge in [0, 0.05) is 25.7 Å². The van der Waals surface area contributed by atoms with Crippen molar-refractivity contribution in [2.24, 2.45) is 11.7 Å². The first-order chi connectivity index (χ1) is 5.26. The van der Waals surface area contributed by atoms with Crippen LogP contribution in [0.1, 0.15) is 13.3 Å². The van der Waals surface area contributed by atoms with Crippen molar-refractivity contribution in [1.29, 1.82) is 0 Å². The smallest absolute Gasteiger partial charge is 0.0595 e. The van der Waals surface area contributed by atoms with Gasteiger partial charge in [-0.05, 0) is 5.92 Å². The van der Waals surface area contributed by atoms with Gasteiger partial charge in [0.2, 0.25) is 0 Å². The Bertz CT molecular complexity index is 113. The molecule has 0 bridgehead atoms. The van der Waals surface area contributed by atoms with Gasteiger partial charge in [-0.1, -0.05) is 13.3 Å². The molecule has 0 aliphatic carbocycles. The first kappa shape index (κ1) is 8.97. The van der Waals surface area contributed by atoms with Gasteiger partial charge in [-0.3, -0.25) is 0 Å². The molecule has 0 aromatic heterocycles. The molecule has 0 saturated carbocycles. The third-order valence-electron chi connectivity index (χ3n) is 2.34. The summed E-state index contributed by atoms with van der Waals surface area (Å²) in [5.41, 5.74) is 5.58. The van der Waals surface area contributed by atoms with Gasteiger partial charge in [-0.25, -0.2) is 0 Å². The van der Waals surface area contributed by atoms with E-state index in [-0.39, 0.29) is 12.6 Å². The Kier molecular flexibility index (Phi) is 3.30. The van der Waals surface area contributed by atoms with Crippen molar-refractivity contribution >= 4 is 0 Å². The molecule has 1 aliphatic rings. The molecule has 1 rings (SSSR count). The number of aliphatic hydroxyl groups excluding tert-OH is 1. The fourth-order valence-corrected chi connectivity index (χ4v) is 1.47. The summed E-state index contributed by atoms with van der Waals surface area (Å²) in [4.78, 5) is 2.30. The monoisotopic (exact) mass is 158 g/mol. The Balaban J connectivity index is 2.04. The molecule has 0 amide bonds. The minimum atomic E-state index is -0.0483. The molecular weight excluding hydrogens is 140 g/mol. The number of aliphatic hydroxyl groups is 1. The van der Waals surface area contributed by atoms with Crippen LogP contribution in [0.3, 0.4) is 0 Å². The Morgan fingerprint density at radius 1 is 1.64 bits per heavy atom. The zero-order chi connectivity index (χ0) is 8.27. The van der Waals surface area contributed by atoms with E-state index in [1.165, 1.54) is 19.5 Å². The van der Waals surface area contributed by atoms with Crippen LogP contribution in [0.4, 0.5) is 0 Å². The lowest BCUT2D eigenvalue weighted by atomic mass is 9.97. The Morgan fingerprint density at radius 2 is 2.27 bits per heavy atom. The summed E-state index contributed by atoms with van der Waals surface area (Å²) in [6.45, 7) is 5.52. The molecule has 0 aromatic carbocycles. The van der Waals surface area contributed by atoms with Crippen LogP contribution in [0.25, 0.3) is 0 Å². The van der Waals surface area contributed by atoms with E-state index in [2.05, 4.69) is 11.8 Å². The van der Waals surface area contributed by atoms with Crippen molar-refractivity contribution in [3.63, 3.8) is 0 Å². The largest absolute Gasteiger partial charge is 0.395 e. The second kappa shape index (κ2) is 4.04. The molecule has 1 heterocycles. The minimum absolute atomic E-state index is 0.0483. The van der Waals surface area contributed by atoms with Gasteiger partial charge in [0.25, 0.3) is 0 Å². The molecule has 3 heteroatoms. The fraction of sp³-hybridized carbons (Fsp3) is 1.00. The average Bonchev–Trinajstić information content (AvgIpc) is 1.95. The van der Waals surface area contributed by atoms with Crippen LogP contribution < -0.4 is 5.73 Å². The standard InChI is InChI=1S/C8H18N2O/c1-2-7-3-10(4-7)5-8(9)6-11/h7-8,11H,2-6,9H2,1H3. The first-order valence-corrected chi connectivity index (χ1v) is 4.35. The lowest BCUT2D eigenvalue weighted by molar-refractivity contribution is 0.0811. The Morgan fingerprint density at radius 3 is 2.73 bits per heavy atom. The summed E-state index contributed by atoms with van der Waals surface area (Å²) in [6, 6.07) is -0.0483. The lowest BCUT2D eigenvalue weighted by Crippen LogP contribution is -2.51. The van der Waals surface area contributed by atoms with E-state index in [4.69, 9.17) is 10.8 Å². The van der Waals surface area contributed by atoms with Crippen LogP contribution >= 0.6 is 0 Å². The van der Waals surface area contributed by atoms with E-state index in [1.807, 2.05) is 0 Å². The molecule has 0 spiro atoms. The Hall–Kier alpha value is -0.120. The van der Waals surface area contributed by atoms with Crippen molar-refractivity contribution in [3.8, 4) is 0 Å². The highest BCUT2D eigenvalue weighted by Crippen LogP contribution is 2.17. The van der Waals surface area contributed by atoms with Crippen LogP contribution in [0.5, 0.6) is 0 Å². The number of hydrogen-bond acceptors (Lipinski definition) is 3. The quantitative estimate of drug-likeness (QED) is 0.588. The molecule has 1 aliphatic heterocycles. The lowest BCUT2D eigenvalue weighted by Gasteiger charge is -2.39. The van der Waals surface area contributed by atoms with Crippen LogP contribution in [-0.2, 0) is 0 Å². The van der Waals surface area contributed by atoms with E-state index in [1.54, 1.807) is 0 Å². The summed E-state index contributed by atoms with van der Waals surface area (Å²) < 4.78 is 0. The number of likely N-dealkylation sites (tertiary alicyclic amines) is 1. The second-order valence-corrected chi connectivity index (χ2v) is 3.44. The Labute approximate surface area is 68.2 Å². The zero-order valence-electron chi connectivity index (χ0n) is 7.16. The molecular formula is C8H18N2O. The number of nitrogens with zero attached hydrogens (tertiary/aromatic N) is 1. The maximum absolute atomic E-state index is 8.67. The molecule has 1 unspecified atom stereocenters. The normalized spacial score (nSPS) is 23.2. The SMILES string of the molecule is CCC1CN(CC(N)CO)C1. The molecule has 11 heavy (non-hydrogen) atoms. The summed E-state index contributed by atoms with van der Waals surface area (Å²) in [5.74, 6) is 0.876. The van der Waals surface area contributed by atoms with Crippen molar-refractivity contribution in [2.75, 3.05) is 26.2 Å². The molecule has 3 nitrogen and oxygen atoms in total. The number of rotatable bonds is 4. The second-order valence-electron chi connectivity index (χ2n) is 3.44. The minimum Gasteiger partial charge on any atom is -0.395 e. The number of nitrogens with two attached hydrogens (primary N) is 1. The predicted molar refractivity (Wildman–Crippen MR) is 45.3 cm³/mol. The molecule has 0 aromatic rings. The maximum Gasteiger partial charge on any atom is 0.0595 e. The predicted octanol–water partition coefficient (Wildman–Crippen LogP) is -0.352. The highest BCUT2D eigenvalue weighted by molar-refractivity contribution is 4.81. The highest BCUT2D eigenvalue weighted by atomic mass is 16.3. The topological polar surface area (TPSA) is 49.5 Å². The molecule has 1 atom stereocenters. The molecule has 0 radical (unpaired) electrons. The van der Waals surface area contributed by atoms with Crippen molar-refractivity contribution in [2.45, 2.75) is 19.4 Å². The summed E-state index contributed by atoms with van der Waals surface area (Å²) in [5, 5.41) is 8.67. The molecule has 66 valence electrons. The van der Waals surface area contributed by atoms with Gasteiger partial charge < -0.3 is 15.7 Å². The van der Waals surface area contributed by atoms with Crippen LogP contribution in [0, 0.1) is 5.92 Å². The third kappa shape index (κ3) is 2.43. The van der Waals surface area contributed by atoms with Crippen molar-refractivity contribution in [1.82, 2.24) is 4.90 Å². The van der Waals surface area contributed by atoms with E-state index in [0.29, 0.717) is 0 Å². The molecule has 1 saturated heterocycles. The number of hydrogen-bond donors (Lipinski definition) is 2. The highest BCUT2D eigenvalue weighted by Gasteiger charge is 2.25. The summed E-state index contributed by atoms with van der Waals surface area (Å²) in [6.07, 6.45) is 1.27. The van der Waals surface area contributed by atoms with Gasteiger partial charge in [0.15, 0.2) is 0 Å². The summed E-state index contributed by atoms with van der Waals surface area (Å²) in [7, 11) is 0. The molecule has 3 N–H and O–H groups in total. The average molecular weight is 158 g/mol. The third-order valence-corrected chi connectivity index (χ3v) is 2.34. The van der Waals surface area contributed by atoms with Crippen molar-refractivity contribution in [3.05, 3.63) is 0 Å². The van der Waals surface area contributed by atoms with Crippen LogP contribution in [0.15, 0.2) is 0 Å². The summed E-state index contributed by atoms with van der Waals surface area (Å²) >= 11 is 0. The van der Waals surface area contributed by atoms with E-state index < -0.39 is 0 Å². The van der Waals surface area contributed by atoms with Crippen LogP contribution in [-0.4, -0.2) is 42.3 Å². The van der Waals surface area contributed by atoms with E-state index in [9.17, 15) is 0 Å². The van der Waals surface area contributed by atoms with E-state index >= 15 is 0 Å². The zero-order valence-corrected chi connectivity index (χ0v) is 7.16. The first-order valence-electron chi connectivity index (χ1n) is 4.35. The van der Waals surface area contributed by atoms with Crippen molar-refractivity contribution < 1.29 is 5.11 Å². The van der Waals surface area contributed by atoms with Gasteiger partial charge in [-0.2, -0.15) is 0 Å². The van der Waals surface area contributed by atoms with Crippen LogP contribution in [0.2, 0.25) is 0 Å². The van der Waals surface area contributed by atoms with E-state index in [0.717, 1.165) is 12.5 Å². The molecule has 1 fully saturated rings. The fourth-order valence-electron chi connectivity index (χ4n) is 1.47. The van der Waals surface area contributed by atoms with Gasteiger partial charge in [0.05, 0.1) is 6.61 Å². The van der Waals surface area contributed by atoms with Gasteiger partial charge in [-0.15, -0.1) is 0 Å². The maximum atomic E-state index is 8.67.